The fourth-order valence-corrected chi connectivity index (χ4v) is 4.31. The van der Waals surface area contributed by atoms with Crippen LogP contribution < -0.4 is 9.46 Å². The molecular formula is C22H19ClN4O4S. The molecule has 0 bridgehead atoms. The number of hydrogen-bond acceptors (Lipinski definition) is 6. The van der Waals surface area contributed by atoms with Crippen molar-refractivity contribution < 1.29 is 18.3 Å². The molecule has 0 aliphatic rings. The molecule has 164 valence electrons. The van der Waals surface area contributed by atoms with Gasteiger partial charge in [-0.3, -0.25) is 0 Å². The number of fused-ring (bicyclic) bond motifs is 1. The maximum absolute atomic E-state index is 12.9. The van der Waals surface area contributed by atoms with Gasteiger partial charge in [-0.25, -0.2) is 13.1 Å². The van der Waals surface area contributed by atoms with Crippen LogP contribution in [-0.4, -0.2) is 25.6 Å². The highest BCUT2D eigenvalue weighted by Crippen LogP contribution is 2.38. The molecular weight excluding hydrogens is 452 g/mol. The van der Waals surface area contributed by atoms with Crippen molar-refractivity contribution in [1.82, 2.24) is 9.71 Å². The highest BCUT2D eigenvalue weighted by molar-refractivity contribution is 7.89. The first-order chi connectivity index (χ1) is 15.4. The van der Waals surface area contributed by atoms with E-state index in [1.807, 2.05) is 0 Å². The first-order valence-corrected chi connectivity index (χ1v) is 11.4. The Labute approximate surface area is 189 Å². The van der Waals surface area contributed by atoms with Crippen molar-refractivity contribution in [1.29, 1.82) is 0 Å². The molecule has 0 amide bonds. The molecule has 0 saturated carbocycles. The van der Waals surface area contributed by atoms with E-state index in [9.17, 15) is 13.5 Å². The summed E-state index contributed by atoms with van der Waals surface area (Å²) in [7, 11) is -2.28. The van der Waals surface area contributed by atoms with Crippen molar-refractivity contribution in [2.75, 3.05) is 7.11 Å². The summed E-state index contributed by atoms with van der Waals surface area (Å²) in [6.45, 7) is 0.0923. The van der Waals surface area contributed by atoms with Crippen molar-refractivity contribution in [2.45, 2.75) is 11.4 Å². The van der Waals surface area contributed by atoms with Gasteiger partial charge in [0.2, 0.25) is 15.9 Å². The molecule has 4 aromatic rings. The SMILES string of the molecule is COc1cccc(CNS(=O)(=O)c2ccc3[nH]c(O)c(N=Nc4ccccc4Cl)c3c2)c1. The number of nitrogens with one attached hydrogen (secondary N) is 2. The lowest BCUT2D eigenvalue weighted by Gasteiger charge is -2.08. The van der Waals surface area contributed by atoms with E-state index in [1.54, 1.807) is 61.7 Å². The summed E-state index contributed by atoms with van der Waals surface area (Å²) < 4.78 is 33.5. The predicted molar refractivity (Wildman–Crippen MR) is 123 cm³/mol. The summed E-state index contributed by atoms with van der Waals surface area (Å²) in [4.78, 5) is 2.80. The van der Waals surface area contributed by atoms with E-state index in [4.69, 9.17) is 16.3 Å². The summed E-state index contributed by atoms with van der Waals surface area (Å²) in [5.41, 5.74) is 1.81. The van der Waals surface area contributed by atoms with E-state index < -0.39 is 10.0 Å². The first-order valence-electron chi connectivity index (χ1n) is 9.51. The molecule has 3 N–H and O–H groups in total. The zero-order valence-corrected chi connectivity index (χ0v) is 18.5. The van der Waals surface area contributed by atoms with Crippen molar-refractivity contribution in [2.24, 2.45) is 10.2 Å². The molecule has 0 saturated heterocycles. The third-order valence-electron chi connectivity index (χ3n) is 4.74. The molecule has 0 spiro atoms. The second-order valence-electron chi connectivity index (χ2n) is 6.86. The quantitative estimate of drug-likeness (QED) is 0.312. The lowest BCUT2D eigenvalue weighted by Crippen LogP contribution is -2.23. The van der Waals surface area contributed by atoms with Crippen LogP contribution in [0.1, 0.15) is 5.56 Å². The van der Waals surface area contributed by atoms with E-state index in [0.29, 0.717) is 27.4 Å². The Kier molecular flexibility index (Phi) is 6.13. The Morgan fingerprint density at radius 3 is 2.66 bits per heavy atom. The van der Waals surface area contributed by atoms with Crippen LogP contribution in [0.25, 0.3) is 10.9 Å². The topological polar surface area (TPSA) is 116 Å². The zero-order valence-electron chi connectivity index (χ0n) is 16.9. The number of aromatic amines is 1. The van der Waals surface area contributed by atoms with Gasteiger partial charge < -0.3 is 14.8 Å². The molecule has 4 rings (SSSR count). The number of hydrogen-bond donors (Lipinski definition) is 3. The normalized spacial score (nSPS) is 11.9. The van der Waals surface area contributed by atoms with Crippen LogP contribution in [0.3, 0.4) is 0 Å². The largest absolute Gasteiger partial charge is 0.497 e. The lowest BCUT2D eigenvalue weighted by molar-refractivity contribution is 0.414. The van der Waals surface area contributed by atoms with E-state index in [-0.39, 0.29) is 23.0 Å². The van der Waals surface area contributed by atoms with Crippen LogP contribution in [0.15, 0.2) is 81.9 Å². The van der Waals surface area contributed by atoms with Gasteiger partial charge >= 0.3 is 0 Å². The monoisotopic (exact) mass is 470 g/mol. The van der Waals surface area contributed by atoms with E-state index >= 15 is 0 Å². The summed E-state index contributed by atoms with van der Waals surface area (Å²) in [6, 6.07) is 18.4. The first kappa shape index (κ1) is 21.8. The number of benzene rings is 3. The standard InChI is InChI=1S/C22H19ClN4O4S/c1-31-15-6-4-5-14(11-15)13-24-32(29,30)16-9-10-19-17(12-16)21(22(28)25-19)27-26-20-8-3-2-7-18(20)23/h2-12,24-25,28H,13H2,1H3. The van der Waals surface area contributed by atoms with Crippen LogP contribution >= 0.6 is 11.6 Å². The van der Waals surface area contributed by atoms with Gasteiger partial charge in [-0.1, -0.05) is 35.9 Å². The Balaban J connectivity index is 1.63. The van der Waals surface area contributed by atoms with Crippen LogP contribution in [0.5, 0.6) is 11.6 Å². The minimum absolute atomic E-state index is 0.0288. The summed E-state index contributed by atoms with van der Waals surface area (Å²) in [5, 5.41) is 19.2. The lowest BCUT2D eigenvalue weighted by atomic mass is 10.2. The van der Waals surface area contributed by atoms with Crippen LogP contribution in [0.2, 0.25) is 5.02 Å². The average molecular weight is 471 g/mol. The minimum atomic E-state index is -3.83. The van der Waals surface area contributed by atoms with Crippen LogP contribution in [0.4, 0.5) is 11.4 Å². The number of azo groups is 1. The highest BCUT2D eigenvalue weighted by Gasteiger charge is 2.18. The van der Waals surface area contributed by atoms with Gasteiger partial charge in [0.15, 0.2) is 5.69 Å². The van der Waals surface area contributed by atoms with Gasteiger partial charge in [0.1, 0.15) is 11.4 Å². The van der Waals surface area contributed by atoms with Gasteiger partial charge in [-0.15, -0.1) is 10.2 Å². The number of aromatic hydroxyl groups is 1. The van der Waals surface area contributed by atoms with Crippen molar-refractivity contribution in [3.8, 4) is 11.6 Å². The molecule has 10 heteroatoms. The van der Waals surface area contributed by atoms with Gasteiger partial charge in [-0.05, 0) is 48.0 Å². The molecule has 0 unspecified atom stereocenters. The maximum Gasteiger partial charge on any atom is 0.240 e. The Morgan fingerprint density at radius 1 is 1.06 bits per heavy atom. The number of rotatable bonds is 7. The molecule has 0 aliphatic heterocycles. The van der Waals surface area contributed by atoms with E-state index in [0.717, 1.165) is 5.56 Å². The fraction of sp³-hybridized carbons (Fsp3) is 0.0909. The number of nitrogens with zero attached hydrogens (tertiary/aromatic N) is 2. The Bertz CT molecular complexity index is 1420. The predicted octanol–water partition coefficient (Wildman–Crippen LogP) is 5.43. The number of H-pyrrole nitrogens is 1. The average Bonchev–Trinajstić information content (AvgIpc) is 3.11. The van der Waals surface area contributed by atoms with Gasteiger partial charge in [0, 0.05) is 11.9 Å². The van der Waals surface area contributed by atoms with E-state index in [2.05, 4.69) is 19.9 Å². The van der Waals surface area contributed by atoms with Gasteiger partial charge in [0.05, 0.1) is 22.5 Å². The molecule has 0 radical (unpaired) electrons. The number of methoxy groups -OCH3 is 1. The van der Waals surface area contributed by atoms with Crippen molar-refractivity contribution >= 4 is 43.9 Å². The molecule has 8 nitrogen and oxygen atoms in total. The van der Waals surface area contributed by atoms with Crippen molar-refractivity contribution in [3.63, 3.8) is 0 Å². The summed E-state index contributed by atoms with van der Waals surface area (Å²) in [5.74, 6) is 0.411. The number of aromatic nitrogens is 1. The number of sulfonamides is 1. The smallest absolute Gasteiger partial charge is 0.240 e. The fourth-order valence-electron chi connectivity index (χ4n) is 3.09. The summed E-state index contributed by atoms with van der Waals surface area (Å²) in [6.07, 6.45) is 0. The van der Waals surface area contributed by atoms with Gasteiger partial charge in [-0.2, -0.15) is 0 Å². The molecule has 0 fully saturated rings. The molecule has 1 heterocycles. The Morgan fingerprint density at radius 2 is 1.88 bits per heavy atom. The summed E-state index contributed by atoms with van der Waals surface area (Å²) >= 11 is 6.09. The molecule has 0 aliphatic carbocycles. The second kappa shape index (κ2) is 8.99. The van der Waals surface area contributed by atoms with Crippen LogP contribution in [0, 0.1) is 0 Å². The maximum atomic E-state index is 12.9. The molecule has 3 aromatic carbocycles. The third kappa shape index (κ3) is 4.59. The molecule has 32 heavy (non-hydrogen) atoms. The third-order valence-corrected chi connectivity index (χ3v) is 6.46. The zero-order chi connectivity index (χ0) is 22.7. The van der Waals surface area contributed by atoms with Crippen molar-refractivity contribution in [3.05, 3.63) is 77.3 Å². The van der Waals surface area contributed by atoms with Gasteiger partial charge in [0.25, 0.3) is 0 Å². The van der Waals surface area contributed by atoms with Crippen LogP contribution in [-0.2, 0) is 16.6 Å². The van der Waals surface area contributed by atoms with E-state index in [1.165, 1.54) is 12.1 Å². The Hall–Kier alpha value is -3.40. The molecule has 0 atom stereocenters. The number of ether oxygens (including phenoxy) is 1. The highest BCUT2D eigenvalue weighted by atomic mass is 35.5. The minimum Gasteiger partial charge on any atom is -0.497 e. The second-order valence-corrected chi connectivity index (χ2v) is 9.03. The number of halogens is 1. The molecule has 1 aromatic heterocycles.